The zero-order valence-electron chi connectivity index (χ0n) is 16.9. The molecule has 0 amide bonds. The number of alkyl halides is 2. The number of nitrogens with zero attached hydrogens (tertiary/aromatic N) is 2. The number of hydrogen-bond acceptors (Lipinski definition) is 3. The van der Waals surface area contributed by atoms with Crippen LogP contribution in [0.5, 0.6) is 5.75 Å². The van der Waals surface area contributed by atoms with E-state index in [-0.39, 0.29) is 11.3 Å². The van der Waals surface area contributed by atoms with Crippen molar-refractivity contribution in [3.63, 3.8) is 0 Å². The van der Waals surface area contributed by atoms with Crippen LogP contribution >= 0.6 is 0 Å². The zero-order valence-corrected chi connectivity index (χ0v) is 16.9. The Morgan fingerprint density at radius 2 is 1.65 bits per heavy atom. The number of methoxy groups -OCH3 is 1. The van der Waals surface area contributed by atoms with Crippen LogP contribution in [-0.2, 0) is 5.92 Å². The largest absolute Gasteiger partial charge is 0.497 e. The Hall–Kier alpha value is -3.80. The fourth-order valence-electron chi connectivity index (χ4n) is 4.19. The lowest BCUT2D eigenvalue weighted by molar-refractivity contribution is 0.0713. The van der Waals surface area contributed by atoms with Crippen molar-refractivity contribution in [2.75, 3.05) is 7.11 Å². The first-order valence-corrected chi connectivity index (χ1v) is 9.79. The molecule has 4 nitrogen and oxygen atoms in total. The summed E-state index contributed by atoms with van der Waals surface area (Å²) >= 11 is 0. The van der Waals surface area contributed by atoms with Gasteiger partial charge in [-0.2, -0.15) is 8.78 Å². The Bertz CT molecular complexity index is 1370. The zero-order chi connectivity index (χ0) is 21.8. The van der Waals surface area contributed by atoms with Crippen LogP contribution in [-0.4, -0.2) is 23.3 Å². The summed E-state index contributed by atoms with van der Waals surface area (Å²) in [6, 6.07) is 20.0. The molecule has 0 unspecified atom stereocenters. The van der Waals surface area contributed by atoms with Gasteiger partial charge < -0.3 is 4.74 Å². The van der Waals surface area contributed by atoms with E-state index in [1.165, 1.54) is 24.7 Å². The van der Waals surface area contributed by atoms with Crippen LogP contribution in [0.4, 0.5) is 14.5 Å². The minimum Gasteiger partial charge on any atom is -0.497 e. The van der Waals surface area contributed by atoms with Crippen LogP contribution < -0.4 is 4.74 Å². The maximum atomic E-state index is 15.8. The lowest BCUT2D eigenvalue weighted by Crippen LogP contribution is -2.36. The highest BCUT2D eigenvalue weighted by Gasteiger charge is 2.48. The number of carbonyl (C=O) groups excluding carboxylic acids is 1. The summed E-state index contributed by atoms with van der Waals surface area (Å²) in [5, 5.41) is 0.625. The third-order valence-corrected chi connectivity index (χ3v) is 5.55. The maximum Gasteiger partial charge on any atom is 0.331 e. The number of aliphatic imine (C=N–C) groups is 1. The quantitative estimate of drug-likeness (QED) is 0.373. The molecule has 0 spiro atoms. The molecule has 2 heterocycles. The second kappa shape index (κ2) is 6.87. The van der Waals surface area contributed by atoms with Crippen molar-refractivity contribution in [3.8, 4) is 17.0 Å². The van der Waals surface area contributed by atoms with Gasteiger partial charge in [-0.3, -0.25) is 9.36 Å². The van der Waals surface area contributed by atoms with Gasteiger partial charge in [0.1, 0.15) is 5.75 Å². The van der Waals surface area contributed by atoms with Crippen LogP contribution in [0.3, 0.4) is 0 Å². The number of ether oxygens (including phenoxy) is 1. The summed E-state index contributed by atoms with van der Waals surface area (Å²) in [5.41, 5.74) is 1.92. The second-order valence-electron chi connectivity index (χ2n) is 7.39. The molecule has 0 atom stereocenters. The molecule has 1 aliphatic heterocycles. The molecule has 4 aromatic rings. The highest BCUT2D eigenvalue weighted by molar-refractivity contribution is 6.19. The number of aromatic nitrogens is 1. The first-order valence-electron chi connectivity index (χ1n) is 9.79. The predicted octanol–water partition coefficient (Wildman–Crippen LogP) is 6.20. The monoisotopic (exact) mass is 416 g/mol. The van der Waals surface area contributed by atoms with Crippen molar-refractivity contribution in [1.82, 2.24) is 4.57 Å². The first-order chi connectivity index (χ1) is 14.9. The number of fused-ring (bicyclic) bond motifs is 5. The predicted molar refractivity (Wildman–Crippen MR) is 117 cm³/mol. The number of benzene rings is 3. The number of carbonyl (C=O) groups is 1. The van der Waals surface area contributed by atoms with Crippen molar-refractivity contribution < 1.29 is 18.3 Å². The van der Waals surface area contributed by atoms with E-state index < -0.39 is 11.8 Å². The fraction of sp³-hybridized carbons (Fsp3) is 0.120. The summed E-state index contributed by atoms with van der Waals surface area (Å²) in [4.78, 5) is 17.0. The molecule has 3 aromatic carbocycles. The minimum atomic E-state index is -3.36. The normalized spacial score (nSPS) is 15.5. The van der Waals surface area contributed by atoms with Crippen LogP contribution in [0.15, 0.2) is 77.8 Å². The second-order valence-corrected chi connectivity index (χ2v) is 7.39. The highest BCUT2D eigenvalue weighted by Crippen LogP contribution is 2.47. The first kappa shape index (κ1) is 19.2. The third kappa shape index (κ3) is 2.79. The topological polar surface area (TPSA) is 43.6 Å². The molecule has 0 bridgehead atoms. The van der Waals surface area contributed by atoms with Gasteiger partial charge in [-0.25, -0.2) is 4.99 Å². The van der Waals surface area contributed by atoms with Gasteiger partial charge in [0.2, 0.25) is 0 Å². The van der Waals surface area contributed by atoms with Crippen molar-refractivity contribution >= 4 is 28.2 Å². The fourth-order valence-corrected chi connectivity index (χ4v) is 4.19. The van der Waals surface area contributed by atoms with Gasteiger partial charge in [-0.05, 0) is 37.3 Å². The smallest absolute Gasteiger partial charge is 0.331 e. The van der Waals surface area contributed by atoms with E-state index in [0.717, 1.165) is 0 Å². The van der Waals surface area contributed by atoms with E-state index in [1.807, 2.05) is 0 Å². The Morgan fingerprint density at radius 3 is 2.35 bits per heavy atom. The van der Waals surface area contributed by atoms with Crippen LogP contribution in [0.1, 0.15) is 22.8 Å². The number of hydrogen-bond donors (Lipinski definition) is 0. The molecule has 1 aromatic heterocycles. The Kier molecular flexibility index (Phi) is 4.25. The molecule has 6 heteroatoms. The standard InChI is InChI=1S/C25H18F2N2O2/c1-15(30)22-19-8-4-6-10-21(19)29-23(22)18-7-3-5-9-20(18)25(26,27)24(29)28-16-11-13-17(31-2)14-12-16/h3-14H,1-2H3. The van der Waals surface area contributed by atoms with E-state index >= 15 is 8.78 Å². The summed E-state index contributed by atoms with van der Waals surface area (Å²) < 4.78 is 38.3. The van der Waals surface area contributed by atoms with Crippen LogP contribution in [0.2, 0.25) is 0 Å². The summed E-state index contributed by atoms with van der Waals surface area (Å²) in [6.07, 6.45) is 0. The van der Waals surface area contributed by atoms with Gasteiger partial charge >= 0.3 is 5.92 Å². The number of ketones is 1. The van der Waals surface area contributed by atoms with Crippen molar-refractivity contribution in [2.24, 2.45) is 4.99 Å². The molecule has 0 fully saturated rings. The number of para-hydroxylation sites is 1. The van der Waals surface area contributed by atoms with Gasteiger partial charge in [0, 0.05) is 16.5 Å². The van der Waals surface area contributed by atoms with E-state index in [4.69, 9.17) is 4.74 Å². The van der Waals surface area contributed by atoms with E-state index in [1.54, 1.807) is 66.7 Å². The molecule has 1 aliphatic rings. The Balaban J connectivity index is 1.91. The maximum absolute atomic E-state index is 15.8. The number of rotatable bonds is 3. The molecule has 0 saturated carbocycles. The van der Waals surface area contributed by atoms with Gasteiger partial charge in [-0.1, -0.05) is 42.5 Å². The summed E-state index contributed by atoms with van der Waals surface area (Å²) in [7, 11) is 1.54. The minimum absolute atomic E-state index is 0.167. The number of halogens is 2. The van der Waals surface area contributed by atoms with E-state index in [9.17, 15) is 4.79 Å². The Labute approximate surface area is 177 Å². The van der Waals surface area contributed by atoms with E-state index in [2.05, 4.69) is 4.99 Å². The van der Waals surface area contributed by atoms with Gasteiger partial charge in [0.15, 0.2) is 11.6 Å². The molecular weight excluding hydrogens is 398 g/mol. The average molecular weight is 416 g/mol. The van der Waals surface area contributed by atoms with Crippen molar-refractivity contribution in [2.45, 2.75) is 12.8 Å². The SMILES string of the molecule is COc1ccc(N=C2n3c(c(C(C)=O)c4ccccc43)-c3ccccc3C2(F)F)cc1. The lowest BCUT2D eigenvalue weighted by Gasteiger charge is -2.30. The molecule has 0 saturated heterocycles. The van der Waals surface area contributed by atoms with Crippen LogP contribution in [0.25, 0.3) is 22.2 Å². The molecule has 154 valence electrons. The lowest BCUT2D eigenvalue weighted by atomic mass is 9.92. The summed E-state index contributed by atoms with van der Waals surface area (Å²) in [5.74, 6) is -3.38. The molecule has 0 N–H and O–H groups in total. The number of Topliss-reactive ketones (excluding diaryl/α,β-unsaturated/α-hetero) is 1. The van der Waals surface area contributed by atoms with Gasteiger partial charge in [-0.15, -0.1) is 0 Å². The molecule has 0 aliphatic carbocycles. The van der Waals surface area contributed by atoms with Crippen molar-refractivity contribution in [1.29, 1.82) is 0 Å². The molecule has 31 heavy (non-hydrogen) atoms. The molecular formula is C25H18F2N2O2. The average Bonchev–Trinajstić information content (AvgIpc) is 3.12. The van der Waals surface area contributed by atoms with Crippen LogP contribution in [0, 0.1) is 0 Å². The van der Waals surface area contributed by atoms with Gasteiger partial charge in [0.05, 0.1) is 29.6 Å². The van der Waals surface area contributed by atoms with Crippen molar-refractivity contribution in [3.05, 3.63) is 83.9 Å². The highest BCUT2D eigenvalue weighted by atomic mass is 19.3. The van der Waals surface area contributed by atoms with Gasteiger partial charge in [0.25, 0.3) is 0 Å². The summed E-state index contributed by atoms with van der Waals surface area (Å²) in [6.45, 7) is 1.46. The Morgan fingerprint density at radius 1 is 0.968 bits per heavy atom. The third-order valence-electron chi connectivity index (χ3n) is 5.55. The molecule has 0 radical (unpaired) electrons. The molecule has 5 rings (SSSR count). The van der Waals surface area contributed by atoms with E-state index in [0.29, 0.717) is 39.2 Å².